The summed E-state index contributed by atoms with van der Waals surface area (Å²) in [6.07, 6.45) is 26.2. The molecule has 0 bridgehead atoms. The fraction of sp³-hybridized carbons (Fsp3) is 0.857. The summed E-state index contributed by atoms with van der Waals surface area (Å²) in [5.74, 6) is 0. The van der Waals surface area contributed by atoms with Gasteiger partial charge in [0.2, 0.25) is 0 Å². The summed E-state index contributed by atoms with van der Waals surface area (Å²) >= 11 is 0. The molecule has 3 heteroatoms. The van der Waals surface area contributed by atoms with Crippen molar-refractivity contribution < 1.29 is 0 Å². The standard InChI is InChI=1S/C21H40N2.H3N/c1-2-3-4-5-6-7-8-9-10-11-12-13-14-15-16-17-19-23-20-18-22-21-23;/h9-10,21H,2-8,11-20H2,1H3;1H3/b10-9-;. The quantitative estimate of drug-likeness (QED) is 0.257. The summed E-state index contributed by atoms with van der Waals surface area (Å²) in [5, 5.41) is 0. The van der Waals surface area contributed by atoms with Gasteiger partial charge in [-0.3, -0.25) is 4.99 Å². The fourth-order valence-corrected chi connectivity index (χ4v) is 3.15. The molecule has 0 unspecified atom stereocenters. The minimum Gasteiger partial charge on any atom is -0.361 e. The molecule has 3 N–H and O–H groups in total. The average Bonchev–Trinajstić information content (AvgIpc) is 3.08. The zero-order valence-electron chi connectivity index (χ0n) is 16.4. The Kier molecular flexibility index (Phi) is 17.9. The zero-order chi connectivity index (χ0) is 16.4. The van der Waals surface area contributed by atoms with Gasteiger partial charge in [-0.1, -0.05) is 76.9 Å². The first kappa shape index (κ1) is 23.2. The van der Waals surface area contributed by atoms with Crippen molar-refractivity contribution in [2.24, 2.45) is 4.99 Å². The molecule has 0 aromatic heterocycles. The van der Waals surface area contributed by atoms with Crippen LogP contribution in [0.3, 0.4) is 0 Å². The first-order valence-electron chi connectivity index (χ1n) is 10.3. The Morgan fingerprint density at radius 2 is 1.33 bits per heavy atom. The van der Waals surface area contributed by atoms with Crippen molar-refractivity contribution >= 4 is 6.34 Å². The van der Waals surface area contributed by atoms with E-state index >= 15 is 0 Å². The van der Waals surface area contributed by atoms with Crippen LogP contribution in [0.1, 0.15) is 96.8 Å². The molecule has 1 aliphatic heterocycles. The van der Waals surface area contributed by atoms with Crippen LogP contribution in [-0.2, 0) is 0 Å². The molecule has 0 aromatic rings. The molecule has 0 aromatic carbocycles. The number of unbranched alkanes of at least 4 members (excludes halogenated alkanes) is 12. The zero-order valence-corrected chi connectivity index (χ0v) is 16.4. The Bertz CT molecular complexity index is 299. The minimum absolute atomic E-state index is 0. The molecule has 0 saturated heterocycles. The van der Waals surface area contributed by atoms with Crippen LogP contribution in [0.15, 0.2) is 17.1 Å². The second-order valence-corrected chi connectivity index (χ2v) is 7.00. The highest BCUT2D eigenvalue weighted by Crippen LogP contribution is 2.10. The van der Waals surface area contributed by atoms with Gasteiger partial charge in [0.05, 0.1) is 12.9 Å². The molecule has 142 valence electrons. The topological polar surface area (TPSA) is 50.6 Å². The number of nitrogens with zero attached hydrogens (tertiary/aromatic N) is 2. The van der Waals surface area contributed by atoms with E-state index in [2.05, 4.69) is 29.0 Å². The predicted octanol–water partition coefficient (Wildman–Crippen LogP) is 6.53. The molecule has 0 saturated carbocycles. The van der Waals surface area contributed by atoms with Gasteiger partial charge < -0.3 is 11.1 Å². The maximum atomic E-state index is 4.25. The number of allylic oxidation sites excluding steroid dienone is 2. The molecule has 0 spiro atoms. The molecule has 0 aliphatic carbocycles. The van der Waals surface area contributed by atoms with Crippen LogP contribution in [0.5, 0.6) is 0 Å². The van der Waals surface area contributed by atoms with Crippen molar-refractivity contribution in [1.82, 2.24) is 11.1 Å². The first-order chi connectivity index (χ1) is 11.4. The number of hydrogen-bond donors (Lipinski definition) is 1. The lowest BCUT2D eigenvalue weighted by Gasteiger charge is -2.12. The van der Waals surface area contributed by atoms with Crippen molar-refractivity contribution in [2.75, 3.05) is 19.6 Å². The molecule has 3 nitrogen and oxygen atoms in total. The monoisotopic (exact) mass is 337 g/mol. The van der Waals surface area contributed by atoms with Crippen LogP contribution in [0.4, 0.5) is 0 Å². The maximum absolute atomic E-state index is 4.25. The van der Waals surface area contributed by atoms with Crippen LogP contribution in [0.2, 0.25) is 0 Å². The maximum Gasteiger partial charge on any atom is 0.0851 e. The van der Waals surface area contributed by atoms with Crippen LogP contribution in [0, 0.1) is 0 Å². The number of hydrogen-bond acceptors (Lipinski definition) is 3. The van der Waals surface area contributed by atoms with E-state index < -0.39 is 0 Å². The third-order valence-corrected chi connectivity index (χ3v) is 4.72. The Balaban J connectivity index is 0.00000529. The molecule has 0 atom stereocenters. The second-order valence-electron chi connectivity index (χ2n) is 7.00. The van der Waals surface area contributed by atoms with E-state index in [1.807, 2.05) is 6.34 Å². The normalized spacial score (nSPS) is 13.8. The van der Waals surface area contributed by atoms with Gasteiger partial charge in [0.15, 0.2) is 0 Å². The van der Waals surface area contributed by atoms with Gasteiger partial charge in [0, 0.05) is 13.1 Å². The summed E-state index contributed by atoms with van der Waals surface area (Å²) in [7, 11) is 0. The van der Waals surface area contributed by atoms with Crippen molar-refractivity contribution in [3.8, 4) is 0 Å². The van der Waals surface area contributed by atoms with Crippen LogP contribution >= 0.6 is 0 Å². The summed E-state index contributed by atoms with van der Waals surface area (Å²) in [6.45, 7) is 5.65. The Morgan fingerprint density at radius 3 is 1.88 bits per heavy atom. The molecular weight excluding hydrogens is 294 g/mol. The van der Waals surface area contributed by atoms with Gasteiger partial charge in [-0.15, -0.1) is 0 Å². The molecular formula is C21H43N3. The van der Waals surface area contributed by atoms with Crippen LogP contribution in [-0.4, -0.2) is 30.9 Å². The summed E-state index contributed by atoms with van der Waals surface area (Å²) in [6, 6.07) is 0. The van der Waals surface area contributed by atoms with Crippen LogP contribution in [0.25, 0.3) is 0 Å². The largest absolute Gasteiger partial charge is 0.361 e. The highest BCUT2D eigenvalue weighted by Gasteiger charge is 2.03. The van der Waals surface area contributed by atoms with E-state index in [9.17, 15) is 0 Å². The first-order valence-corrected chi connectivity index (χ1v) is 10.3. The molecule has 1 rings (SSSR count). The SMILES string of the molecule is CCCCCCCC/C=C\CCCCCCCCN1C=NCC1.N. The predicted molar refractivity (Wildman–Crippen MR) is 109 cm³/mol. The Labute approximate surface area is 151 Å². The molecule has 0 fully saturated rings. The summed E-state index contributed by atoms with van der Waals surface area (Å²) < 4.78 is 0. The lowest BCUT2D eigenvalue weighted by atomic mass is 10.1. The van der Waals surface area contributed by atoms with Gasteiger partial charge in [0.25, 0.3) is 0 Å². The van der Waals surface area contributed by atoms with E-state index in [-0.39, 0.29) is 6.15 Å². The highest BCUT2D eigenvalue weighted by atomic mass is 15.2. The lowest BCUT2D eigenvalue weighted by molar-refractivity contribution is 0.439. The molecule has 24 heavy (non-hydrogen) atoms. The Morgan fingerprint density at radius 1 is 0.792 bits per heavy atom. The van der Waals surface area contributed by atoms with Gasteiger partial charge >= 0.3 is 0 Å². The van der Waals surface area contributed by atoms with E-state index in [1.165, 1.54) is 96.4 Å². The molecule has 0 amide bonds. The van der Waals surface area contributed by atoms with Crippen molar-refractivity contribution in [2.45, 2.75) is 96.8 Å². The highest BCUT2D eigenvalue weighted by molar-refractivity contribution is 5.56. The van der Waals surface area contributed by atoms with Gasteiger partial charge in [-0.25, -0.2) is 0 Å². The lowest BCUT2D eigenvalue weighted by Crippen LogP contribution is -2.20. The Hall–Kier alpha value is -0.830. The van der Waals surface area contributed by atoms with Crippen LogP contribution < -0.4 is 6.15 Å². The second kappa shape index (κ2) is 18.5. The molecule has 0 radical (unpaired) electrons. The van der Waals surface area contributed by atoms with E-state index in [1.54, 1.807) is 0 Å². The third kappa shape index (κ3) is 14.7. The minimum atomic E-state index is 0. The number of rotatable bonds is 16. The fourth-order valence-electron chi connectivity index (χ4n) is 3.15. The van der Waals surface area contributed by atoms with Gasteiger partial charge in [0.1, 0.15) is 0 Å². The third-order valence-electron chi connectivity index (χ3n) is 4.72. The summed E-state index contributed by atoms with van der Waals surface area (Å²) in [5.41, 5.74) is 0. The van der Waals surface area contributed by atoms with Crippen molar-refractivity contribution in [3.05, 3.63) is 12.2 Å². The van der Waals surface area contributed by atoms with E-state index in [0.29, 0.717) is 0 Å². The molecule has 1 aliphatic rings. The average molecular weight is 338 g/mol. The molecule has 1 heterocycles. The smallest absolute Gasteiger partial charge is 0.0851 e. The number of aliphatic imine (C=N–C) groups is 1. The van der Waals surface area contributed by atoms with Crippen molar-refractivity contribution in [1.29, 1.82) is 0 Å². The van der Waals surface area contributed by atoms with E-state index in [4.69, 9.17) is 0 Å². The summed E-state index contributed by atoms with van der Waals surface area (Å²) in [4.78, 5) is 6.61. The van der Waals surface area contributed by atoms with Gasteiger partial charge in [-0.2, -0.15) is 0 Å². The van der Waals surface area contributed by atoms with Crippen molar-refractivity contribution in [3.63, 3.8) is 0 Å². The van der Waals surface area contributed by atoms with E-state index in [0.717, 1.165) is 13.1 Å². The van der Waals surface area contributed by atoms with Gasteiger partial charge in [-0.05, 0) is 32.1 Å².